The van der Waals surface area contributed by atoms with Gasteiger partial charge in [0, 0.05) is 23.5 Å². The maximum absolute atomic E-state index is 8.97. The molecule has 0 spiro atoms. The molecule has 0 saturated heterocycles. The maximum atomic E-state index is 8.97. The highest BCUT2D eigenvalue weighted by Gasteiger charge is 2.08. The predicted octanol–water partition coefficient (Wildman–Crippen LogP) is 4.77. The number of nitrogens with zero attached hydrogens (tertiary/aromatic N) is 4. The molecule has 0 aliphatic carbocycles. The SMILES string of the molecule is N#Cc1ccc(Nc2cc(NCc3ccccn3)nc(-c3ccccc3)n2)cc1. The molecule has 0 atom stereocenters. The Kier molecular flexibility index (Phi) is 5.40. The molecular weight excluding hydrogens is 360 g/mol. The Labute approximate surface area is 168 Å². The van der Waals surface area contributed by atoms with E-state index >= 15 is 0 Å². The zero-order valence-electron chi connectivity index (χ0n) is 15.6. The molecule has 6 heteroatoms. The molecule has 0 aliphatic heterocycles. The Hall–Kier alpha value is -4.24. The van der Waals surface area contributed by atoms with Gasteiger partial charge in [-0.15, -0.1) is 0 Å². The summed E-state index contributed by atoms with van der Waals surface area (Å²) in [5, 5.41) is 15.6. The first kappa shape index (κ1) is 18.1. The van der Waals surface area contributed by atoms with Crippen molar-refractivity contribution in [3.63, 3.8) is 0 Å². The number of hydrogen-bond donors (Lipinski definition) is 2. The number of nitriles is 1. The minimum absolute atomic E-state index is 0.558. The Morgan fingerprint density at radius 3 is 2.31 bits per heavy atom. The molecule has 2 heterocycles. The van der Waals surface area contributed by atoms with Gasteiger partial charge in [0.05, 0.1) is 23.9 Å². The van der Waals surface area contributed by atoms with Crippen molar-refractivity contribution in [3.8, 4) is 17.5 Å². The van der Waals surface area contributed by atoms with E-state index in [9.17, 15) is 0 Å². The first-order chi connectivity index (χ1) is 14.3. The van der Waals surface area contributed by atoms with Crippen molar-refractivity contribution in [3.05, 3.63) is 96.3 Å². The fourth-order valence-electron chi connectivity index (χ4n) is 2.78. The highest BCUT2D eigenvalue weighted by atomic mass is 15.1. The summed E-state index contributed by atoms with van der Waals surface area (Å²) in [6.45, 7) is 0.558. The molecule has 0 radical (unpaired) electrons. The average Bonchev–Trinajstić information content (AvgIpc) is 2.79. The van der Waals surface area contributed by atoms with Gasteiger partial charge in [-0.05, 0) is 36.4 Å². The molecule has 0 fully saturated rings. The fourth-order valence-corrected chi connectivity index (χ4v) is 2.78. The van der Waals surface area contributed by atoms with Crippen LogP contribution in [0.4, 0.5) is 17.3 Å². The quantitative estimate of drug-likeness (QED) is 0.503. The summed E-state index contributed by atoms with van der Waals surface area (Å²) in [4.78, 5) is 13.6. The first-order valence-electron chi connectivity index (χ1n) is 9.16. The molecule has 6 nitrogen and oxygen atoms in total. The lowest BCUT2D eigenvalue weighted by atomic mass is 10.2. The zero-order valence-corrected chi connectivity index (χ0v) is 15.6. The largest absolute Gasteiger partial charge is 0.364 e. The lowest BCUT2D eigenvalue weighted by Crippen LogP contribution is -2.06. The van der Waals surface area contributed by atoms with Gasteiger partial charge in [0.2, 0.25) is 0 Å². The molecule has 0 amide bonds. The molecule has 4 aromatic rings. The lowest BCUT2D eigenvalue weighted by Gasteiger charge is -2.12. The van der Waals surface area contributed by atoms with Gasteiger partial charge in [-0.3, -0.25) is 4.98 Å². The van der Waals surface area contributed by atoms with Crippen LogP contribution in [0.1, 0.15) is 11.3 Å². The average molecular weight is 378 g/mol. The van der Waals surface area contributed by atoms with Crippen LogP contribution in [-0.4, -0.2) is 15.0 Å². The van der Waals surface area contributed by atoms with E-state index in [0.29, 0.717) is 29.6 Å². The van der Waals surface area contributed by atoms with Crippen molar-refractivity contribution in [2.24, 2.45) is 0 Å². The van der Waals surface area contributed by atoms with Crippen LogP contribution in [0.3, 0.4) is 0 Å². The standard InChI is InChI=1S/C23H18N6/c24-15-17-9-11-19(12-10-17)27-22-14-21(26-16-20-8-4-5-13-25-20)28-23(29-22)18-6-2-1-3-7-18/h1-14H,16H2,(H2,26,27,28,29). The number of anilines is 3. The highest BCUT2D eigenvalue weighted by molar-refractivity contribution is 5.65. The monoisotopic (exact) mass is 378 g/mol. The maximum Gasteiger partial charge on any atom is 0.163 e. The van der Waals surface area contributed by atoms with Gasteiger partial charge in [-0.1, -0.05) is 36.4 Å². The highest BCUT2D eigenvalue weighted by Crippen LogP contribution is 2.23. The van der Waals surface area contributed by atoms with Crippen molar-refractivity contribution >= 4 is 17.3 Å². The molecule has 0 aliphatic rings. The summed E-state index contributed by atoms with van der Waals surface area (Å²) in [6, 6.07) is 26.8. The minimum atomic E-state index is 0.558. The van der Waals surface area contributed by atoms with E-state index in [0.717, 1.165) is 16.9 Å². The number of aromatic nitrogens is 3. The molecule has 2 aromatic carbocycles. The summed E-state index contributed by atoms with van der Waals surface area (Å²) in [5.74, 6) is 1.97. The van der Waals surface area contributed by atoms with Crippen molar-refractivity contribution in [1.29, 1.82) is 5.26 Å². The molecule has 4 rings (SSSR count). The third-order valence-corrected chi connectivity index (χ3v) is 4.22. The van der Waals surface area contributed by atoms with Gasteiger partial charge in [0.25, 0.3) is 0 Å². The summed E-state index contributed by atoms with van der Waals surface area (Å²) in [7, 11) is 0. The second-order valence-electron chi connectivity index (χ2n) is 6.32. The molecule has 0 unspecified atom stereocenters. The Morgan fingerprint density at radius 1 is 0.828 bits per heavy atom. The van der Waals surface area contributed by atoms with Crippen LogP contribution in [0, 0.1) is 11.3 Å². The molecule has 2 N–H and O–H groups in total. The Morgan fingerprint density at radius 2 is 1.59 bits per heavy atom. The fraction of sp³-hybridized carbons (Fsp3) is 0.0435. The van der Waals surface area contributed by atoms with Crippen molar-refractivity contribution in [1.82, 2.24) is 15.0 Å². The Bertz CT molecular complexity index is 1120. The number of nitrogens with one attached hydrogen (secondary N) is 2. The first-order valence-corrected chi connectivity index (χ1v) is 9.16. The lowest BCUT2D eigenvalue weighted by molar-refractivity contribution is 1.02. The number of hydrogen-bond acceptors (Lipinski definition) is 6. The molecule has 140 valence electrons. The van der Waals surface area contributed by atoms with Gasteiger partial charge < -0.3 is 10.6 Å². The van der Waals surface area contributed by atoms with Gasteiger partial charge in [0.15, 0.2) is 5.82 Å². The van der Waals surface area contributed by atoms with Crippen molar-refractivity contribution in [2.45, 2.75) is 6.54 Å². The van der Waals surface area contributed by atoms with E-state index in [-0.39, 0.29) is 0 Å². The summed E-state index contributed by atoms with van der Waals surface area (Å²) < 4.78 is 0. The number of benzene rings is 2. The third kappa shape index (κ3) is 4.73. The summed E-state index contributed by atoms with van der Waals surface area (Å²) >= 11 is 0. The third-order valence-electron chi connectivity index (χ3n) is 4.22. The van der Waals surface area contributed by atoms with Gasteiger partial charge in [-0.2, -0.15) is 5.26 Å². The topological polar surface area (TPSA) is 86.5 Å². The Balaban J connectivity index is 1.63. The van der Waals surface area contributed by atoms with Crippen LogP contribution in [0.15, 0.2) is 85.1 Å². The van der Waals surface area contributed by atoms with Gasteiger partial charge in [-0.25, -0.2) is 9.97 Å². The van der Waals surface area contributed by atoms with E-state index < -0.39 is 0 Å². The molecule has 0 bridgehead atoms. The number of rotatable bonds is 6. The molecule has 0 saturated carbocycles. The van der Waals surface area contributed by atoms with E-state index in [1.54, 1.807) is 18.3 Å². The van der Waals surface area contributed by atoms with E-state index in [1.807, 2.05) is 66.7 Å². The van der Waals surface area contributed by atoms with Gasteiger partial charge >= 0.3 is 0 Å². The van der Waals surface area contributed by atoms with Crippen LogP contribution in [-0.2, 0) is 6.54 Å². The molecule has 2 aromatic heterocycles. The van der Waals surface area contributed by atoms with E-state index in [4.69, 9.17) is 5.26 Å². The normalized spacial score (nSPS) is 10.2. The second-order valence-corrected chi connectivity index (χ2v) is 6.32. The smallest absolute Gasteiger partial charge is 0.163 e. The van der Waals surface area contributed by atoms with Gasteiger partial charge in [0.1, 0.15) is 11.6 Å². The summed E-state index contributed by atoms with van der Waals surface area (Å²) in [5.41, 5.74) is 3.31. The van der Waals surface area contributed by atoms with Crippen LogP contribution in [0.2, 0.25) is 0 Å². The van der Waals surface area contributed by atoms with E-state index in [1.165, 1.54) is 0 Å². The number of pyridine rings is 1. The van der Waals surface area contributed by atoms with Crippen molar-refractivity contribution in [2.75, 3.05) is 10.6 Å². The van der Waals surface area contributed by atoms with Crippen LogP contribution in [0.5, 0.6) is 0 Å². The second kappa shape index (κ2) is 8.63. The van der Waals surface area contributed by atoms with Crippen LogP contribution < -0.4 is 10.6 Å². The van der Waals surface area contributed by atoms with Crippen LogP contribution in [0.25, 0.3) is 11.4 Å². The van der Waals surface area contributed by atoms with Crippen molar-refractivity contribution < 1.29 is 0 Å². The van der Waals surface area contributed by atoms with E-state index in [2.05, 4.69) is 31.7 Å². The molecular formula is C23H18N6. The minimum Gasteiger partial charge on any atom is -0.364 e. The molecule has 29 heavy (non-hydrogen) atoms. The summed E-state index contributed by atoms with van der Waals surface area (Å²) in [6.07, 6.45) is 1.77. The zero-order chi connectivity index (χ0) is 19.9. The van der Waals surface area contributed by atoms with Crippen LogP contribution >= 0.6 is 0 Å². The predicted molar refractivity (Wildman–Crippen MR) is 113 cm³/mol.